The predicted octanol–water partition coefficient (Wildman–Crippen LogP) is 2.43. The second-order valence-electron chi connectivity index (χ2n) is 4.32. The zero-order chi connectivity index (χ0) is 9.47. The zero-order valence-electron chi connectivity index (χ0n) is 7.87. The van der Waals surface area contributed by atoms with Gasteiger partial charge in [-0.3, -0.25) is 0 Å². The Bertz CT molecular complexity index is 350. The molecule has 0 aliphatic heterocycles. The number of rotatable bonds is 0. The summed E-state index contributed by atoms with van der Waals surface area (Å²) in [5, 5.41) is 12.1. The summed E-state index contributed by atoms with van der Waals surface area (Å²) in [6.07, 6.45) is 3.36. The van der Waals surface area contributed by atoms with Crippen LogP contribution in [0.1, 0.15) is 31.6 Å². The van der Waals surface area contributed by atoms with Crippen LogP contribution in [0.25, 0.3) is 0 Å². The first-order valence-electron chi connectivity index (χ1n) is 4.40. The molecule has 1 N–H and O–H groups in total. The Morgan fingerprint density at radius 3 is 2.92 bits per heavy atom. The first-order chi connectivity index (χ1) is 6.12. The summed E-state index contributed by atoms with van der Waals surface area (Å²) in [5.74, 6) is 0.934. The van der Waals surface area contributed by atoms with Crippen molar-refractivity contribution in [1.29, 1.82) is 0 Å². The Kier molecular flexibility index (Phi) is 1.68. The van der Waals surface area contributed by atoms with Gasteiger partial charge in [0.25, 0.3) is 0 Å². The third-order valence-electron chi connectivity index (χ3n) is 2.46. The van der Waals surface area contributed by atoms with Crippen molar-refractivity contribution in [3.63, 3.8) is 0 Å². The molecular formula is C10H13NO2. The minimum absolute atomic E-state index is 0.131. The fourth-order valence-corrected chi connectivity index (χ4v) is 1.87. The molecule has 0 saturated carbocycles. The molecule has 0 bridgehead atoms. The monoisotopic (exact) mass is 179 g/mol. The van der Waals surface area contributed by atoms with Gasteiger partial charge in [-0.05, 0) is 17.9 Å². The maximum absolute atomic E-state index is 8.83. The maximum Gasteiger partial charge on any atom is 0.113 e. The molecule has 13 heavy (non-hydrogen) atoms. The lowest BCUT2D eigenvalue weighted by Gasteiger charge is -2.28. The van der Waals surface area contributed by atoms with Gasteiger partial charge < -0.3 is 9.62 Å². The molecule has 0 fully saturated rings. The van der Waals surface area contributed by atoms with E-state index in [1.54, 1.807) is 6.26 Å². The fraction of sp³-hybridized carbons (Fsp3) is 0.500. The fourth-order valence-electron chi connectivity index (χ4n) is 1.87. The van der Waals surface area contributed by atoms with E-state index in [-0.39, 0.29) is 5.41 Å². The summed E-state index contributed by atoms with van der Waals surface area (Å²) >= 11 is 0. The standard InChI is InChI=1S/C10H13NO2/c1-10(2)5-8(11-12)7-3-4-13-9(7)6-10/h3-4,12H,5-6H2,1-2H3. The van der Waals surface area contributed by atoms with Crippen molar-refractivity contribution in [3.8, 4) is 0 Å². The molecule has 1 aromatic heterocycles. The van der Waals surface area contributed by atoms with E-state index in [1.807, 2.05) is 6.07 Å². The summed E-state index contributed by atoms with van der Waals surface area (Å²) in [6, 6.07) is 1.86. The molecule has 1 aliphatic carbocycles. The van der Waals surface area contributed by atoms with Gasteiger partial charge >= 0.3 is 0 Å². The smallest absolute Gasteiger partial charge is 0.113 e. The summed E-state index contributed by atoms with van der Waals surface area (Å²) in [7, 11) is 0. The molecule has 1 heterocycles. The number of fused-ring (bicyclic) bond motifs is 1. The van der Waals surface area contributed by atoms with E-state index < -0.39 is 0 Å². The van der Waals surface area contributed by atoms with Crippen LogP contribution in [0.2, 0.25) is 0 Å². The SMILES string of the molecule is CC1(C)CC(=NO)c2ccoc2C1. The molecule has 0 spiro atoms. The molecule has 1 aliphatic rings. The highest BCUT2D eigenvalue weighted by Crippen LogP contribution is 2.35. The number of hydrogen-bond acceptors (Lipinski definition) is 3. The van der Waals surface area contributed by atoms with Crippen molar-refractivity contribution in [2.75, 3.05) is 0 Å². The van der Waals surface area contributed by atoms with Gasteiger partial charge in [0.2, 0.25) is 0 Å². The van der Waals surface area contributed by atoms with Crippen molar-refractivity contribution in [1.82, 2.24) is 0 Å². The number of oxime groups is 1. The van der Waals surface area contributed by atoms with Crippen LogP contribution in [0.15, 0.2) is 21.9 Å². The normalized spacial score (nSPS) is 23.1. The average molecular weight is 179 g/mol. The largest absolute Gasteiger partial charge is 0.469 e. The van der Waals surface area contributed by atoms with Crippen molar-refractivity contribution < 1.29 is 9.62 Å². The van der Waals surface area contributed by atoms with Crippen LogP contribution in [0.3, 0.4) is 0 Å². The molecule has 0 unspecified atom stereocenters. The molecule has 1 aromatic rings. The van der Waals surface area contributed by atoms with Crippen LogP contribution in [0, 0.1) is 5.41 Å². The molecule has 70 valence electrons. The van der Waals surface area contributed by atoms with E-state index in [1.165, 1.54) is 0 Å². The third-order valence-corrected chi connectivity index (χ3v) is 2.46. The molecule has 0 amide bonds. The minimum Gasteiger partial charge on any atom is -0.469 e. The van der Waals surface area contributed by atoms with E-state index in [4.69, 9.17) is 9.62 Å². The average Bonchev–Trinajstić information content (AvgIpc) is 2.48. The Balaban J connectivity index is 2.48. The highest BCUT2D eigenvalue weighted by Gasteiger charge is 2.31. The summed E-state index contributed by atoms with van der Waals surface area (Å²) in [5.41, 5.74) is 1.83. The predicted molar refractivity (Wildman–Crippen MR) is 49.1 cm³/mol. The number of hydrogen-bond donors (Lipinski definition) is 1. The Hall–Kier alpha value is -1.25. The lowest BCUT2D eigenvalue weighted by atomic mass is 9.76. The summed E-state index contributed by atoms with van der Waals surface area (Å²) < 4.78 is 5.33. The first kappa shape index (κ1) is 8.35. The molecule has 3 heteroatoms. The third kappa shape index (κ3) is 1.34. The topological polar surface area (TPSA) is 45.7 Å². The van der Waals surface area contributed by atoms with Crippen LogP contribution in [0.4, 0.5) is 0 Å². The summed E-state index contributed by atoms with van der Waals surface area (Å²) in [4.78, 5) is 0. The van der Waals surface area contributed by atoms with Gasteiger partial charge in [0.1, 0.15) is 5.76 Å². The minimum atomic E-state index is 0.131. The van der Waals surface area contributed by atoms with Crippen LogP contribution in [-0.2, 0) is 6.42 Å². The van der Waals surface area contributed by atoms with Gasteiger partial charge in [0, 0.05) is 12.0 Å². The molecule has 0 radical (unpaired) electrons. The van der Waals surface area contributed by atoms with Crippen LogP contribution in [-0.4, -0.2) is 10.9 Å². The van der Waals surface area contributed by atoms with Crippen molar-refractivity contribution in [2.24, 2.45) is 10.6 Å². The van der Waals surface area contributed by atoms with E-state index >= 15 is 0 Å². The molecule has 2 rings (SSSR count). The highest BCUT2D eigenvalue weighted by atomic mass is 16.4. The van der Waals surface area contributed by atoms with Crippen LogP contribution in [0.5, 0.6) is 0 Å². The van der Waals surface area contributed by atoms with Gasteiger partial charge in [0.15, 0.2) is 0 Å². The van der Waals surface area contributed by atoms with Crippen LogP contribution < -0.4 is 0 Å². The van der Waals surface area contributed by atoms with E-state index in [0.717, 1.165) is 29.9 Å². The summed E-state index contributed by atoms with van der Waals surface area (Å²) in [6.45, 7) is 4.28. The van der Waals surface area contributed by atoms with Gasteiger partial charge in [-0.1, -0.05) is 19.0 Å². The molecular weight excluding hydrogens is 166 g/mol. The van der Waals surface area contributed by atoms with Gasteiger partial charge in [-0.25, -0.2) is 0 Å². The lowest BCUT2D eigenvalue weighted by Crippen LogP contribution is -2.26. The second-order valence-corrected chi connectivity index (χ2v) is 4.32. The molecule has 0 atom stereocenters. The first-order valence-corrected chi connectivity index (χ1v) is 4.40. The van der Waals surface area contributed by atoms with Crippen molar-refractivity contribution in [2.45, 2.75) is 26.7 Å². The van der Waals surface area contributed by atoms with Gasteiger partial charge in [-0.15, -0.1) is 0 Å². The Labute approximate surface area is 77.1 Å². The maximum atomic E-state index is 8.83. The zero-order valence-corrected chi connectivity index (χ0v) is 7.87. The number of nitrogens with zero attached hydrogens (tertiary/aromatic N) is 1. The van der Waals surface area contributed by atoms with E-state index in [0.29, 0.717) is 0 Å². The van der Waals surface area contributed by atoms with E-state index in [9.17, 15) is 0 Å². The highest BCUT2D eigenvalue weighted by molar-refractivity contribution is 6.02. The Morgan fingerprint density at radius 2 is 2.23 bits per heavy atom. The Morgan fingerprint density at radius 1 is 1.46 bits per heavy atom. The van der Waals surface area contributed by atoms with Crippen molar-refractivity contribution >= 4 is 5.71 Å². The molecule has 0 aromatic carbocycles. The number of furan rings is 1. The van der Waals surface area contributed by atoms with E-state index in [2.05, 4.69) is 19.0 Å². The van der Waals surface area contributed by atoms with Crippen LogP contribution >= 0.6 is 0 Å². The van der Waals surface area contributed by atoms with Crippen molar-refractivity contribution in [3.05, 3.63) is 23.7 Å². The lowest BCUT2D eigenvalue weighted by molar-refractivity contribution is 0.298. The molecule has 3 nitrogen and oxygen atoms in total. The quantitative estimate of drug-likeness (QED) is 0.491. The van der Waals surface area contributed by atoms with Gasteiger partial charge in [-0.2, -0.15) is 0 Å². The molecule has 0 saturated heterocycles. The second kappa shape index (κ2) is 2.62. The van der Waals surface area contributed by atoms with Gasteiger partial charge in [0.05, 0.1) is 12.0 Å².